The molecule has 0 spiro atoms. The number of anilines is 2. The summed E-state index contributed by atoms with van der Waals surface area (Å²) in [6.07, 6.45) is 1.25. The lowest BCUT2D eigenvalue weighted by atomic mass is 10.1. The largest absolute Gasteiger partial charge is 0.494 e. The number of carbonyl (C=O) groups excluding carboxylic acids is 2. The van der Waals surface area contributed by atoms with Crippen LogP contribution in [0.1, 0.15) is 13.3 Å². The zero-order valence-corrected chi connectivity index (χ0v) is 16.5. The Morgan fingerprint density at radius 2 is 1.79 bits per heavy atom. The highest BCUT2D eigenvalue weighted by Gasteiger charge is 2.35. The summed E-state index contributed by atoms with van der Waals surface area (Å²) >= 11 is 0. The van der Waals surface area contributed by atoms with E-state index in [-0.39, 0.29) is 23.1 Å². The maximum absolute atomic E-state index is 12.5. The molecule has 0 saturated carbocycles. The van der Waals surface area contributed by atoms with Crippen LogP contribution in [0, 0.1) is 5.92 Å². The van der Waals surface area contributed by atoms with Crippen molar-refractivity contribution in [2.24, 2.45) is 5.92 Å². The molecular weight excluding hydrogens is 380 g/mol. The third kappa shape index (κ3) is 4.51. The van der Waals surface area contributed by atoms with E-state index in [0.717, 1.165) is 17.7 Å². The van der Waals surface area contributed by atoms with Crippen molar-refractivity contribution in [1.29, 1.82) is 0 Å². The molecule has 0 bridgehead atoms. The van der Waals surface area contributed by atoms with Crippen LogP contribution in [0.3, 0.4) is 0 Å². The number of hydrogen-bond acceptors (Lipinski definition) is 5. The Hall–Kier alpha value is -2.87. The highest BCUT2D eigenvalue weighted by molar-refractivity contribution is 7.90. The van der Waals surface area contributed by atoms with E-state index in [4.69, 9.17) is 4.74 Å². The van der Waals surface area contributed by atoms with Crippen molar-refractivity contribution in [2.45, 2.75) is 18.2 Å². The predicted octanol–water partition coefficient (Wildman–Crippen LogP) is 2.48. The Bertz CT molecular complexity index is 969. The second-order valence-corrected chi connectivity index (χ2v) is 8.63. The van der Waals surface area contributed by atoms with Gasteiger partial charge in [-0.2, -0.15) is 0 Å². The van der Waals surface area contributed by atoms with Crippen molar-refractivity contribution in [3.05, 3.63) is 48.5 Å². The minimum absolute atomic E-state index is 0.114. The van der Waals surface area contributed by atoms with Crippen molar-refractivity contribution >= 4 is 33.0 Å². The van der Waals surface area contributed by atoms with Crippen LogP contribution >= 0.6 is 0 Å². The monoisotopic (exact) mass is 402 g/mol. The van der Waals surface area contributed by atoms with E-state index in [1.165, 1.54) is 24.3 Å². The van der Waals surface area contributed by atoms with Crippen LogP contribution in [0.4, 0.5) is 11.4 Å². The summed E-state index contributed by atoms with van der Waals surface area (Å²) < 4.78 is 28.4. The van der Waals surface area contributed by atoms with Gasteiger partial charge in [0.15, 0.2) is 9.84 Å². The Morgan fingerprint density at radius 1 is 1.14 bits per heavy atom. The van der Waals surface area contributed by atoms with Crippen LogP contribution in [-0.2, 0) is 19.4 Å². The van der Waals surface area contributed by atoms with Crippen LogP contribution in [-0.4, -0.2) is 39.6 Å². The molecule has 2 aromatic rings. The molecule has 1 aliphatic rings. The molecular formula is C20H22N2O5S. The molecule has 1 N–H and O–H groups in total. The van der Waals surface area contributed by atoms with Gasteiger partial charge in [-0.25, -0.2) is 8.42 Å². The molecule has 0 unspecified atom stereocenters. The first-order chi connectivity index (χ1) is 13.3. The lowest BCUT2D eigenvalue weighted by Crippen LogP contribution is -2.28. The van der Waals surface area contributed by atoms with E-state index in [1.807, 2.05) is 6.92 Å². The predicted molar refractivity (Wildman–Crippen MR) is 106 cm³/mol. The zero-order chi connectivity index (χ0) is 20.3. The van der Waals surface area contributed by atoms with Gasteiger partial charge in [-0.1, -0.05) is 0 Å². The molecule has 1 aliphatic heterocycles. The Labute approximate surface area is 164 Å². The Balaban J connectivity index is 1.65. The third-order valence-corrected chi connectivity index (χ3v) is 5.63. The number of hydrogen-bond donors (Lipinski definition) is 1. The molecule has 0 radical (unpaired) electrons. The van der Waals surface area contributed by atoms with Gasteiger partial charge in [0.05, 0.1) is 17.4 Å². The van der Waals surface area contributed by atoms with Gasteiger partial charge in [0, 0.05) is 30.6 Å². The average molecular weight is 402 g/mol. The van der Waals surface area contributed by atoms with Crippen LogP contribution in [0.2, 0.25) is 0 Å². The number of rotatable bonds is 6. The summed E-state index contributed by atoms with van der Waals surface area (Å²) in [5.74, 6) is -0.135. The highest BCUT2D eigenvalue weighted by atomic mass is 32.2. The fourth-order valence-electron chi connectivity index (χ4n) is 3.05. The molecule has 3 rings (SSSR count). The number of ether oxygens (including phenoxy) is 1. The highest BCUT2D eigenvalue weighted by Crippen LogP contribution is 2.27. The minimum atomic E-state index is -3.29. The molecule has 2 amide bonds. The van der Waals surface area contributed by atoms with Gasteiger partial charge in [0.2, 0.25) is 11.8 Å². The van der Waals surface area contributed by atoms with E-state index in [0.29, 0.717) is 18.8 Å². The molecule has 7 nitrogen and oxygen atoms in total. The molecule has 2 aromatic carbocycles. The van der Waals surface area contributed by atoms with Gasteiger partial charge < -0.3 is 15.0 Å². The van der Waals surface area contributed by atoms with Crippen LogP contribution in [0.5, 0.6) is 5.75 Å². The van der Waals surface area contributed by atoms with Crippen molar-refractivity contribution in [3.63, 3.8) is 0 Å². The molecule has 1 fully saturated rings. The van der Waals surface area contributed by atoms with Gasteiger partial charge in [0.25, 0.3) is 0 Å². The molecule has 28 heavy (non-hydrogen) atoms. The van der Waals surface area contributed by atoms with Gasteiger partial charge in [-0.05, 0) is 55.5 Å². The molecule has 148 valence electrons. The number of sulfone groups is 1. The number of benzene rings is 2. The lowest BCUT2D eigenvalue weighted by molar-refractivity contribution is -0.122. The van der Waals surface area contributed by atoms with Crippen LogP contribution in [0.15, 0.2) is 53.4 Å². The maximum Gasteiger partial charge on any atom is 0.229 e. The Morgan fingerprint density at radius 3 is 2.36 bits per heavy atom. The van der Waals surface area contributed by atoms with Crippen LogP contribution in [0.25, 0.3) is 0 Å². The smallest absolute Gasteiger partial charge is 0.229 e. The van der Waals surface area contributed by atoms with E-state index in [9.17, 15) is 18.0 Å². The lowest BCUT2D eigenvalue weighted by Gasteiger charge is -2.17. The normalized spacial score (nSPS) is 16.9. The van der Waals surface area contributed by atoms with Crippen molar-refractivity contribution in [2.75, 3.05) is 29.6 Å². The summed E-state index contributed by atoms with van der Waals surface area (Å²) in [6, 6.07) is 13.1. The standard InChI is InChI=1S/C20H22N2O5S/c1-3-27-17-8-6-16(7-9-17)22-13-14(12-19(22)23)20(24)21-15-4-10-18(11-5-15)28(2,25)26/h4-11,14H,3,12-13H2,1-2H3,(H,21,24)/t14-/m0/s1. The summed E-state index contributed by atoms with van der Waals surface area (Å²) in [5.41, 5.74) is 1.21. The Kier molecular flexibility index (Phi) is 5.69. The van der Waals surface area contributed by atoms with Gasteiger partial charge in [-0.3, -0.25) is 9.59 Å². The van der Waals surface area contributed by atoms with Crippen molar-refractivity contribution in [3.8, 4) is 5.75 Å². The maximum atomic E-state index is 12.5. The topological polar surface area (TPSA) is 92.8 Å². The fraction of sp³-hybridized carbons (Fsp3) is 0.300. The van der Waals surface area contributed by atoms with Crippen molar-refractivity contribution < 1.29 is 22.7 Å². The number of amides is 2. The first-order valence-electron chi connectivity index (χ1n) is 8.92. The van der Waals surface area contributed by atoms with Gasteiger partial charge >= 0.3 is 0 Å². The average Bonchev–Trinajstić information content (AvgIpc) is 3.04. The van der Waals surface area contributed by atoms with Gasteiger partial charge in [0.1, 0.15) is 5.75 Å². The fourth-order valence-corrected chi connectivity index (χ4v) is 3.68. The first-order valence-corrected chi connectivity index (χ1v) is 10.8. The quantitative estimate of drug-likeness (QED) is 0.801. The SMILES string of the molecule is CCOc1ccc(N2C[C@@H](C(=O)Nc3ccc(S(C)(=O)=O)cc3)CC2=O)cc1. The second kappa shape index (κ2) is 8.02. The number of nitrogens with one attached hydrogen (secondary N) is 1. The summed E-state index contributed by atoms with van der Waals surface area (Å²) in [4.78, 5) is 26.7. The first kappa shape index (κ1) is 19.9. The zero-order valence-electron chi connectivity index (χ0n) is 15.7. The van der Waals surface area contributed by atoms with E-state index in [2.05, 4.69) is 5.32 Å². The van der Waals surface area contributed by atoms with E-state index in [1.54, 1.807) is 29.2 Å². The molecule has 1 saturated heterocycles. The molecule has 0 aliphatic carbocycles. The third-order valence-electron chi connectivity index (χ3n) is 4.51. The molecule has 0 aromatic heterocycles. The van der Waals surface area contributed by atoms with E-state index < -0.39 is 15.8 Å². The second-order valence-electron chi connectivity index (χ2n) is 6.62. The summed E-state index contributed by atoms with van der Waals surface area (Å²) in [6.45, 7) is 2.76. The number of nitrogens with zero attached hydrogens (tertiary/aromatic N) is 1. The van der Waals surface area contributed by atoms with Crippen LogP contribution < -0.4 is 15.0 Å². The molecule has 1 atom stereocenters. The molecule has 1 heterocycles. The minimum Gasteiger partial charge on any atom is -0.494 e. The number of carbonyl (C=O) groups is 2. The van der Waals surface area contributed by atoms with E-state index >= 15 is 0 Å². The summed E-state index contributed by atoms with van der Waals surface area (Å²) in [5, 5.41) is 2.75. The van der Waals surface area contributed by atoms with Gasteiger partial charge in [-0.15, -0.1) is 0 Å². The molecule has 8 heteroatoms. The van der Waals surface area contributed by atoms with Crippen molar-refractivity contribution in [1.82, 2.24) is 0 Å². The summed E-state index contributed by atoms with van der Waals surface area (Å²) in [7, 11) is -3.29.